The van der Waals surface area contributed by atoms with Gasteiger partial charge in [0.25, 0.3) is 0 Å². The summed E-state index contributed by atoms with van der Waals surface area (Å²) < 4.78 is 5.03. The van der Waals surface area contributed by atoms with Gasteiger partial charge in [-0.2, -0.15) is 0 Å². The van der Waals surface area contributed by atoms with Gasteiger partial charge in [-0.3, -0.25) is 0 Å². The average molecular weight is 356 g/mol. The first kappa shape index (κ1) is 21.4. The maximum Gasteiger partial charge on any atom is 0.338 e. The largest absolute Gasteiger partial charge is 0.478 e. The Kier molecular flexibility index (Phi) is 10.5. The molecule has 0 unspecified atom stereocenters. The van der Waals surface area contributed by atoms with Gasteiger partial charge in [-0.05, 0) is 43.0 Å². The molecule has 0 aliphatic heterocycles. The molecule has 2 aromatic carbocycles. The zero-order valence-electron chi connectivity index (χ0n) is 15.6. The fourth-order valence-electron chi connectivity index (χ4n) is 2.28. The maximum absolute atomic E-state index is 11.3. The SMILES string of the molecule is CCCCOC(=O)c1ccccc1.CCCCc1ccccc1C(=O)O. The van der Waals surface area contributed by atoms with Gasteiger partial charge < -0.3 is 9.84 Å². The van der Waals surface area contributed by atoms with E-state index in [-0.39, 0.29) is 5.97 Å². The fourth-order valence-corrected chi connectivity index (χ4v) is 2.28. The Balaban J connectivity index is 0.000000260. The Bertz CT molecular complexity index is 665. The molecule has 0 saturated heterocycles. The summed E-state index contributed by atoms with van der Waals surface area (Å²) in [7, 11) is 0. The number of ether oxygens (including phenoxy) is 1. The number of carboxylic acids is 1. The van der Waals surface area contributed by atoms with E-state index in [9.17, 15) is 9.59 Å². The minimum atomic E-state index is -0.827. The summed E-state index contributed by atoms with van der Waals surface area (Å²) in [5.74, 6) is -1.05. The second-order valence-corrected chi connectivity index (χ2v) is 5.92. The van der Waals surface area contributed by atoms with Crippen molar-refractivity contribution in [2.24, 2.45) is 0 Å². The summed E-state index contributed by atoms with van der Waals surface area (Å²) in [5.41, 5.74) is 2.01. The molecule has 0 fully saturated rings. The summed E-state index contributed by atoms with van der Waals surface area (Å²) in [6.07, 6.45) is 4.97. The molecule has 0 saturated carbocycles. The van der Waals surface area contributed by atoms with E-state index in [1.54, 1.807) is 24.3 Å². The second kappa shape index (κ2) is 12.7. The number of benzene rings is 2. The van der Waals surface area contributed by atoms with E-state index in [0.29, 0.717) is 17.7 Å². The number of unbranched alkanes of at least 4 members (excludes halogenated alkanes) is 2. The third-order valence-electron chi connectivity index (χ3n) is 3.79. The Labute approximate surface area is 155 Å². The molecule has 0 aliphatic rings. The molecule has 2 rings (SSSR count). The molecule has 1 N–H and O–H groups in total. The van der Waals surface area contributed by atoms with Crippen LogP contribution >= 0.6 is 0 Å². The highest BCUT2D eigenvalue weighted by atomic mass is 16.5. The lowest BCUT2D eigenvalue weighted by atomic mass is 10.0. The van der Waals surface area contributed by atoms with Crippen LogP contribution in [0.25, 0.3) is 0 Å². The van der Waals surface area contributed by atoms with Crippen LogP contribution in [-0.4, -0.2) is 23.7 Å². The molecule has 0 aliphatic carbocycles. The van der Waals surface area contributed by atoms with E-state index in [4.69, 9.17) is 9.84 Å². The Morgan fingerprint density at radius 2 is 1.50 bits per heavy atom. The third-order valence-corrected chi connectivity index (χ3v) is 3.79. The third kappa shape index (κ3) is 7.97. The molecule has 4 nitrogen and oxygen atoms in total. The van der Waals surface area contributed by atoms with Crippen LogP contribution in [0, 0.1) is 0 Å². The Morgan fingerprint density at radius 1 is 0.885 bits per heavy atom. The average Bonchev–Trinajstić information content (AvgIpc) is 2.68. The van der Waals surface area contributed by atoms with Crippen LogP contribution in [0.1, 0.15) is 65.8 Å². The topological polar surface area (TPSA) is 63.6 Å². The molecule has 26 heavy (non-hydrogen) atoms. The van der Waals surface area contributed by atoms with E-state index in [0.717, 1.165) is 37.7 Å². The van der Waals surface area contributed by atoms with Gasteiger partial charge in [-0.1, -0.05) is 63.1 Å². The zero-order chi connectivity index (χ0) is 19.2. The van der Waals surface area contributed by atoms with Crippen LogP contribution < -0.4 is 0 Å². The first-order valence-corrected chi connectivity index (χ1v) is 9.13. The lowest BCUT2D eigenvalue weighted by Crippen LogP contribution is -2.05. The molecule has 0 heterocycles. The van der Waals surface area contributed by atoms with Crippen LogP contribution in [-0.2, 0) is 11.2 Å². The van der Waals surface area contributed by atoms with Gasteiger partial charge in [-0.25, -0.2) is 9.59 Å². The lowest BCUT2D eigenvalue weighted by molar-refractivity contribution is 0.0499. The number of carbonyl (C=O) groups is 2. The Hall–Kier alpha value is -2.62. The monoisotopic (exact) mass is 356 g/mol. The minimum Gasteiger partial charge on any atom is -0.478 e. The van der Waals surface area contributed by atoms with E-state index in [2.05, 4.69) is 13.8 Å². The number of aryl methyl sites for hydroxylation is 1. The minimum absolute atomic E-state index is 0.228. The Morgan fingerprint density at radius 3 is 2.12 bits per heavy atom. The van der Waals surface area contributed by atoms with E-state index >= 15 is 0 Å². The van der Waals surface area contributed by atoms with Gasteiger partial charge in [0, 0.05) is 0 Å². The van der Waals surface area contributed by atoms with Crippen molar-refractivity contribution in [2.45, 2.75) is 46.0 Å². The molecule has 0 radical (unpaired) electrons. The quantitative estimate of drug-likeness (QED) is 0.510. The van der Waals surface area contributed by atoms with Crippen LogP contribution in [0.3, 0.4) is 0 Å². The second-order valence-electron chi connectivity index (χ2n) is 5.92. The van der Waals surface area contributed by atoms with Gasteiger partial charge in [0.1, 0.15) is 0 Å². The summed E-state index contributed by atoms with van der Waals surface area (Å²) in [4.78, 5) is 22.1. The number of carbonyl (C=O) groups excluding carboxylic acids is 1. The van der Waals surface area contributed by atoms with E-state index < -0.39 is 5.97 Å². The highest BCUT2D eigenvalue weighted by molar-refractivity contribution is 5.89. The fraction of sp³-hybridized carbons (Fsp3) is 0.364. The highest BCUT2D eigenvalue weighted by Crippen LogP contribution is 2.11. The predicted molar refractivity (Wildman–Crippen MR) is 104 cm³/mol. The number of aromatic carboxylic acids is 1. The number of hydrogen-bond donors (Lipinski definition) is 1. The van der Waals surface area contributed by atoms with Gasteiger partial charge >= 0.3 is 11.9 Å². The smallest absolute Gasteiger partial charge is 0.338 e. The number of carboxylic acid groups (broad SMARTS) is 1. The van der Waals surface area contributed by atoms with E-state index in [1.165, 1.54) is 0 Å². The number of esters is 1. The molecule has 0 amide bonds. The molecular weight excluding hydrogens is 328 g/mol. The van der Waals surface area contributed by atoms with Gasteiger partial charge in [-0.15, -0.1) is 0 Å². The van der Waals surface area contributed by atoms with Crippen LogP contribution in [0.15, 0.2) is 54.6 Å². The molecular formula is C22H28O4. The molecule has 0 bridgehead atoms. The predicted octanol–water partition coefficient (Wildman–Crippen LogP) is 5.37. The molecule has 0 spiro atoms. The van der Waals surface area contributed by atoms with Crippen molar-refractivity contribution >= 4 is 11.9 Å². The van der Waals surface area contributed by atoms with Crippen molar-refractivity contribution in [3.63, 3.8) is 0 Å². The number of rotatable bonds is 8. The molecule has 0 atom stereocenters. The standard InChI is InChI=1S/2C11H14O2/c1-2-3-9-13-11(12)10-7-5-4-6-8-10;1-2-3-6-9-7-4-5-8-10(9)11(12)13/h4-8H,2-3,9H2,1H3;4-5,7-8H,2-3,6H2,1H3,(H,12,13). The van der Waals surface area contributed by atoms with Crippen molar-refractivity contribution < 1.29 is 19.4 Å². The summed E-state index contributed by atoms with van der Waals surface area (Å²) in [5, 5.41) is 8.86. The van der Waals surface area contributed by atoms with Gasteiger partial charge in [0.15, 0.2) is 0 Å². The molecule has 2 aromatic rings. The van der Waals surface area contributed by atoms with Crippen LogP contribution in [0.5, 0.6) is 0 Å². The van der Waals surface area contributed by atoms with Crippen molar-refractivity contribution in [1.82, 2.24) is 0 Å². The van der Waals surface area contributed by atoms with Gasteiger partial charge in [0.2, 0.25) is 0 Å². The van der Waals surface area contributed by atoms with Crippen LogP contribution in [0.4, 0.5) is 0 Å². The van der Waals surface area contributed by atoms with Gasteiger partial charge in [0.05, 0.1) is 17.7 Å². The maximum atomic E-state index is 11.3. The van der Waals surface area contributed by atoms with Crippen molar-refractivity contribution in [3.8, 4) is 0 Å². The molecule has 4 heteroatoms. The van der Waals surface area contributed by atoms with Crippen molar-refractivity contribution in [1.29, 1.82) is 0 Å². The van der Waals surface area contributed by atoms with Crippen molar-refractivity contribution in [2.75, 3.05) is 6.61 Å². The first-order chi connectivity index (χ1) is 12.6. The highest BCUT2D eigenvalue weighted by Gasteiger charge is 2.07. The normalized spacial score (nSPS) is 9.77. The number of hydrogen-bond acceptors (Lipinski definition) is 3. The van der Waals surface area contributed by atoms with Crippen LogP contribution in [0.2, 0.25) is 0 Å². The molecule has 0 aromatic heterocycles. The summed E-state index contributed by atoms with van der Waals surface area (Å²) in [6, 6.07) is 16.3. The first-order valence-electron chi connectivity index (χ1n) is 9.13. The lowest BCUT2D eigenvalue weighted by Gasteiger charge is -2.03. The van der Waals surface area contributed by atoms with E-state index in [1.807, 2.05) is 30.3 Å². The summed E-state index contributed by atoms with van der Waals surface area (Å²) >= 11 is 0. The zero-order valence-corrected chi connectivity index (χ0v) is 15.6. The van der Waals surface area contributed by atoms with Crippen molar-refractivity contribution in [3.05, 3.63) is 71.3 Å². The molecule has 140 valence electrons. The summed E-state index contributed by atoms with van der Waals surface area (Å²) in [6.45, 7) is 4.68.